The molecule has 0 heterocycles. The zero-order chi connectivity index (χ0) is 38.7. The van der Waals surface area contributed by atoms with Gasteiger partial charge in [0.15, 0.2) is 0 Å². The molecule has 3 heteroatoms. The maximum Gasteiger partial charge on any atom is 0.0973 e. The number of unbranched alkanes of at least 4 members (excludes halogenated alkanes) is 20. The summed E-state index contributed by atoms with van der Waals surface area (Å²) in [5.74, 6) is -0.255. The van der Waals surface area contributed by atoms with Crippen LogP contribution in [0.25, 0.3) is 0 Å². The molecule has 2 aromatic carbocycles. The van der Waals surface area contributed by atoms with Gasteiger partial charge in [0.1, 0.15) is 0 Å². The second-order valence-electron chi connectivity index (χ2n) is 16.6. The molecule has 2 aromatic rings. The van der Waals surface area contributed by atoms with Crippen molar-refractivity contribution < 1.29 is 0 Å². The lowest BCUT2D eigenvalue weighted by atomic mass is 9.82. The molecule has 0 saturated heterocycles. The van der Waals surface area contributed by atoms with E-state index in [4.69, 9.17) is 0 Å². The number of rotatable bonds is 32. The fraction of sp³-hybridized carbons (Fsp3) is 0.740. The van der Waals surface area contributed by atoms with E-state index in [0.29, 0.717) is 0 Å². The molecule has 0 aliphatic rings. The number of hydrogen-bond acceptors (Lipinski definition) is 3. The first-order valence-electron chi connectivity index (χ1n) is 22.9. The quantitative estimate of drug-likeness (QED) is 0.0703. The van der Waals surface area contributed by atoms with Gasteiger partial charge in [0.05, 0.1) is 12.0 Å². The smallest absolute Gasteiger partial charge is 0.0973 e. The molecule has 0 aliphatic heterocycles. The van der Waals surface area contributed by atoms with Gasteiger partial charge in [0, 0.05) is 37.6 Å². The third-order valence-corrected chi connectivity index (χ3v) is 11.7. The average molecular weight is 728 g/mol. The zero-order valence-electron chi connectivity index (χ0n) is 36.5. The van der Waals surface area contributed by atoms with Gasteiger partial charge in [-0.2, -0.15) is 5.26 Å². The van der Waals surface area contributed by atoms with Gasteiger partial charge in [-0.15, -0.1) is 0 Å². The van der Waals surface area contributed by atoms with Crippen LogP contribution in [0.3, 0.4) is 0 Å². The van der Waals surface area contributed by atoms with Crippen LogP contribution in [0.15, 0.2) is 24.3 Å². The monoisotopic (exact) mass is 728 g/mol. The Labute approximate surface area is 330 Å². The van der Waals surface area contributed by atoms with Crippen LogP contribution >= 0.6 is 0 Å². The van der Waals surface area contributed by atoms with Gasteiger partial charge in [-0.05, 0) is 111 Å². The molecule has 0 fully saturated rings. The maximum absolute atomic E-state index is 10.8. The normalized spacial score (nSPS) is 11.4. The zero-order valence-corrected chi connectivity index (χ0v) is 36.5. The first kappa shape index (κ1) is 46.7. The summed E-state index contributed by atoms with van der Waals surface area (Å²) in [7, 11) is 0. The van der Waals surface area contributed by atoms with E-state index in [1.54, 1.807) is 0 Å². The second kappa shape index (κ2) is 28.9. The molecule has 0 atom stereocenters. The van der Waals surface area contributed by atoms with Crippen LogP contribution in [0.1, 0.15) is 221 Å². The highest BCUT2D eigenvalue weighted by atomic mass is 15.1. The van der Waals surface area contributed by atoms with E-state index in [1.165, 1.54) is 199 Å². The third-order valence-electron chi connectivity index (χ3n) is 11.7. The van der Waals surface area contributed by atoms with Gasteiger partial charge in [-0.3, -0.25) is 0 Å². The van der Waals surface area contributed by atoms with E-state index in [-0.39, 0.29) is 5.92 Å². The number of anilines is 2. The van der Waals surface area contributed by atoms with E-state index >= 15 is 0 Å². The molecule has 0 spiro atoms. The van der Waals surface area contributed by atoms with E-state index in [9.17, 15) is 5.26 Å². The molecule has 2 rings (SSSR count). The topological polar surface area (TPSA) is 30.3 Å². The average Bonchev–Trinajstić information content (AvgIpc) is 3.14. The van der Waals surface area contributed by atoms with Gasteiger partial charge >= 0.3 is 0 Å². The van der Waals surface area contributed by atoms with Gasteiger partial charge in [0.25, 0.3) is 0 Å². The third kappa shape index (κ3) is 17.7. The molecule has 53 heavy (non-hydrogen) atoms. The van der Waals surface area contributed by atoms with Crippen LogP contribution in [0.2, 0.25) is 0 Å². The minimum absolute atomic E-state index is 0.255. The predicted molar refractivity (Wildman–Crippen MR) is 237 cm³/mol. The Bertz CT molecular complexity index is 1100. The number of hydrogen-bond donors (Lipinski definition) is 0. The largest absolute Gasteiger partial charge is 0.372 e. The van der Waals surface area contributed by atoms with Crippen molar-refractivity contribution in [3.8, 4) is 6.07 Å². The molecule has 0 amide bonds. The van der Waals surface area contributed by atoms with Crippen molar-refractivity contribution in [1.82, 2.24) is 0 Å². The van der Waals surface area contributed by atoms with Crippen LogP contribution in [0.4, 0.5) is 11.4 Å². The van der Waals surface area contributed by atoms with Gasteiger partial charge in [0.2, 0.25) is 0 Å². The molecular formula is C50H85N3. The van der Waals surface area contributed by atoms with E-state index in [0.717, 1.165) is 26.2 Å². The molecule has 0 saturated carbocycles. The fourth-order valence-corrected chi connectivity index (χ4v) is 8.52. The van der Waals surface area contributed by atoms with Gasteiger partial charge in [-0.25, -0.2) is 0 Å². The Morgan fingerprint density at radius 3 is 0.849 bits per heavy atom. The van der Waals surface area contributed by atoms with Crippen LogP contribution in [0, 0.1) is 39.0 Å². The number of benzene rings is 2. The van der Waals surface area contributed by atoms with Crippen molar-refractivity contribution in [2.45, 2.75) is 215 Å². The SMILES string of the molecule is CCCCCCCCN(CCCCCCCC)c1cc(C)c(C(C#N)c2c(C)cc(N(CCCCCCCC)CCCCCCCC)cc2C)c(C)c1. The lowest BCUT2D eigenvalue weighted by Crippen LogP contribution is -2.26. The van der Waals surface area contributed by atoms with Crippen molar-refractivity contribution >= 4 is 11.4 Å². The minimum Gasteiger partial charge on any atom is -0.372 e. The van der Waals surface area contributed by atoms with Crippen LogP contribution in [0.5, 0.6) is 0 Å². The highest BCUT2D eigenvalue weighted by molar-refractivity contribution is 5.62. The van der Waals surface area contributed by atoms with Crippen molar-refractivity contribution in [3.63, 3.8) is 0 Å². The minimum atomic E-state index is -0.255. The maximum atomic E-state index is 10.8. The summed E-state index contributed by atoms with van der Waals surface area (Å²) in [4.78, 5) is 5.33. The van der Waals surface area contributed by atoms with E-state index < -0.39 is 0 Å². The lowest BCUT2D eigenvalue weighted by molar-refractivity contribution is 0.574. The summed E-state index contributed by atoms with van der Waals surface area (Å²) >= 11 is 0. The fourth-order valence-electron chi connectivity index (χ4n) is 8.52. The standard InChI is InChI=1S/C50H85N3/c1-9-13-17-21-25-29-33-52(34-30-26-22-18-14-10-2)46-37-42(5)49(43(6)38-46)48(41-51)50-44(7)39-47(40-45(50)8)53(35-31-27-23-19-15-11-3)36-32-28-24-20-16-12-4/h37-40,48H,9-36H2,1-8H3. The van der Waals surface area contributed by atoms with Crippen LogP contribution in [-0.2, 0) is 0 Å². The molecule has 0 aliphatic carbocycles. The molecule has 0 bridgehead atoms. The molecule has 0 radical (unpaired) electrons. The summed E-state index contributed by atoms with van der Waals surface area (Å²) in [5.41, 5.74) is 10.2. The predicted octanol–water partition coefficient (Wildman–Crippen LogP) is 15.6. The molecular weight excluding hydrogens is 643 g/mol. The highest BCUT2D eigenvalue weighted by Gasteiger charge is 2.24. The summed E-state index contributed by atoms with van der Waals surface area (Å²) in [6.45, 7) is 22.8. The second-order valence-corrected chi connectivity index (χ2v) is 16.6. The summed E-state index contributed by atoms with van der Waals surface area (Å²) in [5, 5.41) is 10.8. The lowest BCUT2D eigenvalue weighted by Gasteiger charge is -2.29. The molecule has 0 aromatic heterocycles. The van der Waals surface area contributed by atoms with E-state index in [2.05, 4.69) is 95.5 Å². The summed E-state index contributed by atoms with van der Waals surface area (Å²) in [6, 6.07) is 12.4. The van der Waals surface area contributed by atoms with Crippen LogP contribution < -0.4 is 9.80 Å². The first-order chi connectivity index (χ1) is 25.8. The Hall–Kier alpha value is -2.47. The Balaban J connectivity index is 2.31. The van der Waals surface area contributed by atoms with Crippen molar-refractivity contribution in [2.24, 2.45) is 0 Å². The van der Waals surface area contributed by atoms with Gasteiger partial charge < -0.3 is 9.80 Å². The Morgan fingerprint density at radius 2 is 0.623 bits per heavy atom. The molecule has 300 valence electrons. The summed E-state index contributed by atoms with van der Waals surface area (Å²) < 4.78 is 0. The van der Waals surface area contributed by atoms with Crippen molar-refractivity contribution in [3.05, 3.63) is 57.6 Å². The van der Waals surface area contributed by atoms with E-state index in [1.807, 2.05) is 0 Å². The van der Waals surface area contributed by atoms with Crippen molar-refractivity contribution in [1.29, 1.82) is 5.26 Å². The highest BCUT2D eigenvalue weighted by Crippen LogP contribution is 2.38. The summed E-state index contributed by atoms with van der Waals surface area (Å²) in [6.07, 6.45) is 31.9. The number of nitrogens with zero attached hydrogens (tertiary/aromatic N) is 3. The number of nitriles is 1. The van der Waals surface area contributed by atoms with Crippen LogP contribution in [-0.4, -0.2) is 26.2 Å². The molecule has 0 unspecified atom stereocenters. The molecule has 3 nitrogen and oxygen atoms in total. The van der Waals surface area contributed by atoms with Gasteiger partial charge in [-0.1, -0.05) is 156 Å². The Morgan fingerprint density at radius 1 is 0.396 bits per heavy atom. The molecule has 0 N–H and O–H groups in total. The first-order valence-corrected chi connectivity index (χ1v) is 22.9. The Kier molecular flexibility index (Phi) is 25.5. The number of aryl methyl sites for hydroxylation is 4. The van der Waals surface area contributed by atoms with Crippen molar-refractivity contribution in [2.75, 3.05) is 36.0 Å².